The highest BCUT2D eigenvalue weighted by Gasteiger charge is 2.17. The van der Waals surface area contributed by atoms with Crippen molar-refractivity contribution in [3.8, 4) is 11.5 Å². The number of hydrogen-bond acceptors (Lipinski definition) is 5. The lowest BCUT2D eigenvalue weighted by molar-refractivity contribution is -0.116. The molecule has 0 unspecified atom stereocenters. The smallest absolute Gasteiger partial charge is 0.242 e. The van der Waals surface area contributed by atoms with Gasteiger partial charge in [-0.15, -0.1) is 0 Å². The molecule has 0 aliphatic rings. The summed E-state index contributed by atoms with van der Waals surface area (Å²) in [5.41, 5.74) is 0.412. The molecule has 0 aromatic heterocycles. The van der Waals surface area contributed by atoms with E-state index >= 15 is 0 Å². The summed E-state index contributed by atoms with van der Waals surface area (Å²) >= 11 is 0. The van der Waals surface area contributed by atoms with E-state index in [1.54, 1.807) is 31.4 Å². The molecule has 0 bridgehead atoms. The van der Waals surface area contributed by atoms with Crippen LogP contribution in [-0.2, 0) is 14.8 Å². The summed E-state index contributed by atoms with van der Waals surface area (Å²) in [5, 5.41) is 2.68. The summed E-state index contributed by atoms with van der Waals surface area (Å²) in [6.07, 6.45) is 0.114. The Morgan fingerprint density at radius 1 is 1.08 bits per heavy atom. The number of methoxy groups -OCH3 is 1. The fourth-order valence-electron chi connectivity index (χ4n) is 2.16. The topological polar surface area (TPSA) is 84.9 Å². The van der Waals surface area contributed by atoms with Crippen molar-refractivity contribution in [1.82, 2.24) is 4.31 Å². The fraction of sp³-hybridized carbons (Fsp3) is 0.278. The molecule has 0 aliphatic heterocycles. The number of carbonyl (C=O) groups is 1. The van der Waals surface area contributed by atoms with Crippen molar-refractivity contribution in [2.45, 2.75) is 11.3 Å². The van der Waals surface area contributed by atoms with Crippen LogP contribution in [0.3, 0.4) is 0 Å². The number of anilines is 1. The molecule has 7 nitrogen and oxygen atoms in total. The molecule has 0 radical (unpaired) electrons. The Kier molecular flexibility index (Phi) is 6.59. The standard InChI is InChI=1S/C18H22N2O5S/c1-20(2)26(22,23)15-8-6-7-14(13-15)19-18(21)11-12-25-17-10-5-4-9-16(17)24-3/h4-10,13H,11-12H2,1-3H3,(H,19,21). The molecule has 2 rings (SSSR count). The third-order valence-electron chi connectivity index (χ3n) is 3.55. The second kappa shape index (κ2) is 8.68. The monoisotopic (exact) mass is 378 g/mol. The third kappa shape index (κ3) is 4.96. The number of sulfonamides is 1. The molecule has 2 aromatic rings. The van der Waals surface area contributed by atoms with Crippen LogP contribution < -0.4 is 14.8 Å². The maximum absolute atomic E-state index is 12.1. The van der Waals surface area contributed by atoms with Gasteiger partial charge in [0.05, 0.1) is 25.0 Å². The molecular weight excluding hydrogens is 356 g/mol. The lowest BCUT2D eigenvalue weighted by Crippen LogP contribution is -2.22. The minimum absolute atomic E-state index is 0.114. The van der Waals surface area contributed by atoms with Gasteiger partial charge in [0.25, 0.3) is 0 Å². The van der Waals surface area contributed by atoms with E-state index in [0.29, 0.717) is 17.2 Å². The van der Waals surface area contributed by atoms with Crippen molar-refractivity contribution in [3.05, 3.63) is 48.5 Å². The van der Waals surface area contributed by atoms with Gasteiger partial charge in [-0.05, 0) is 30.3 Å². The van der Waals surface area contributed by atoms with Crippen LogP contribution in [0.15, 0.2) is 53.4 Å². The lowest BCUT2D eigenvalue weighted by Gasteiger charge is -2.13. The summed E-state index contributed by atoms with van der Waals surface area (Å²) in [6, 6.07) is 13.3. The maximum Gasteiger partial charge on any atom is 0.242 e. The van der Waals surface area contributed by atoms with Gasteiger partial charge in [0.1, 0.15) is 0 Å². The van der Waals surface area contributed by atoms with Crippen LogP contribution in [0.4, 0.5) is 5.69 Å². The summed E-state index contributed by atoms with van der Waals surface area (Å²) in [5.74, 6) is 0.871. The van der Waals surface area contributed by atoms with Crippen LogP contribution in [0.2, 0.25) is 0 Å². The van der Waals surface area contributed by atoms with Crippen molar-refractivity contribution in [2.24, 2.45) is 0 Å². The molecule has 26 heavy (non-hydrogen) atoms. The normalized spacial score (nSPS) is 11.2. The van der Waals surface area contributed by atoms with Crippen LogP contribution in [0.25, 0.3) is 0 Å². The number of carbonyl (C=O) groups excluding carboxylic acids is 1. The number of benzene rings is 2. The Labute approximate surface area is 153 Å². The summed E-state index contributed by atoms with van der Waals surface area (Å²) in [4.78, 5) is 12.2. The van der Waals surface area contributed by atoms with Gasteiger partial charge in [0.2, 0.25) is 15.9 Å². The van der Waals surface area contributed by atoms with Crippen molar-refractivity contribution in [3.63, 3.8) is 0 Å². The first-order valence-corrected chi connectivity index (χ1v) is 9.37. The molecule has 0 aliphatic carbocycles. The van der Waals surface area contributed by atoms with Crippen LogP contribution in [-0.4, -0.2) is 46.4 Å². The van der Waals surface area contributed by atoms with Crippen molar-refractivity contribution >= 4 is 21.6 Å². The fourth-order valence-corrected chi connectivity index (χ4v) is 3.11. The van der Waals surface area contributed by atoms with E-state index in [-0.39, 0.29) is 23.8 Å². The molecule has 2 aromatic carbocycles. The molecule has 8 heteroatoms. The predicted octanol–water partition coefficient (Wildman–Crippen LogP) is 2.35. The molecule has 0 heterocycles. The number of para-hydroxylation sites is 2. The van der Waals surface area contributed by atoms with Crippen LogP contribution >= 0.6 is 0 Å². The van der Waals surface area contributed by atoms with E-state index in [1.165, 1.54) is 26.2 Å². The minimum atomic E-state index is -3.55. The third-order valence-corrected chi connectivity index (χ3v) is 5.36. The quantitative estimate of drug-likeness (QED) is 0.762. The first-order valence-electron chi connectivity index (χ1n) is 7.93. The Hall–Kier alpha value is -2.58. The van der Waals surface area contributed by atoms with Crippen molar-refractivity contribution in [1.29, 1.82) is 0 Å². The van der Waals surface area contributed by atoms with Gasteiger partial charge in [-0.2, -0.15) is 0 Å². The van der Waals surface area contributed by atoms with E-state index in [0.717, 1.165) is 4.31 Å². The zero-order chi connectivity index (χ0) is 19.2. The lowest BCUT2D eigenvalue weighted by atomic mass is 10.3. The number of amides is 1. The first kappa shape index (κ1) is 19.7. The van der Waals surface area contributed by atoms with Gasteiger partial charge in [-0.25, -0.2) is 12.7 Å². The summed E-state index contributed by atoms with van der Waals surface area (Å²) in [7, 11) is 0.901. The second-order valence-electron chi connectivity index (χ2n) is 5.61. The second-order valence-corrected chi connectivity index (χ2v) is 7.76. The molecule has 0 spiro atoms. The molecule has 0 fully saturated rings. The van der Waals surface area contributed by atoms with Gasteiger partial charge in [-0.1, -0.05) is 18.2 Å². The highest BCUT2D eigenvalue weighted by Crippen LogP contribution is 2.25. The Bertz CT molecular complexity index is 865. The molecule has 1 amide bonds. The Balaban J connectivity index is 1.94. The van der Waals surface area contributed by atoms with Gasteiger partial charge >= 0.3 is 0 Å². The van der Waals surface area contributed by atoms with E-state index < -0.39 is 10.0 Å². The molecule has 0 atom stereocenters. The molecule has 0 saturated heterocycles. The highest BCUT2D eigenvalue weighted by molar-refractivity contribution is 7.89. The van der Waals surface area contributed by atoms with E-state index in [9.17, 15) is 13.2 Å². The highest BCUT2D eigenvalue weighted by atomic mass is 32.2. The van der Waals surface area contributed by atoms with E-state index in [1.807, 2.05) is 12.1 Å². The zero-order valence-corrected chi connectivity index (χ0v) is 15.7. The average Bonchev–Trinajstić information content (AvgIpc) is 2.62. The number of nitrogens with zero attached hydrogens (tertiary/aromatic N) is 1. The van der Waals surface area contributed by atoms with Crippen molar-refractivity contribution in [2.75, 3.05) is 33.1 Å². The Morgan fingerprint density at radius 2 is 1.77 bits per heavy atom. The average molecular weight is 378 g/mol. The van der Waals surface area contributed by atoms with Crippen molar-refractivity contribution < 1.29 is 22.7 Å². The molecule has 140 valence electrons. The van der Waals surface area contributed by atoms with Gasteiger partial charge in [0.15, 0.2) is 11.5 Å². The van der Waals surface area contributed by atoms with E-state index in [4.69, 9.17) is 9.47 Å². The van der Waals surface area contributed by atoms with Gasteiger partial charge in [0, 0.05) is 19.8 Å². The predicted molar refractivity (Wildman–Crippen MR) is 99.1 cm³/mol. The van der Waals surface area contributed by atoms with Crippen LogP contribution in [0, 0.1) is 0 Å². The van der Waals surface area contributed by atoms with Gasteiger partial charge < -0.3 is 14.8 Å². The van der Waals surface area contributed by atoms with E-state index in [2.05, 4.69) is 5.32 Å². The van der Waals surface area contributed by atoms with Gasteiger partial charge in [-0.3, -0.25) is 4.79 Å². The molecule has 1 N–H and O–H groups in total. The number of rotatable bonds is 8. The molecular formula is C18H22N2O5S. The molecule has 0 saturated carbocycles. The zero-order valence-electron chi connectivity index (χ0n) is 14.9. The van der Waals surface area contributed by atoms with Crippen LogP contribution in [0.1, 0.15) is 6.42 Å². The minimum Gasteiger partial charge on any atom is -0.493 e. The SMILES string of the molecule is COc1ccccc1OCCC(=O)Nc1cccc(S(=O)(=O)N(C)C)c1. The maximum atomic E-state index is 12.1. The largest absolute Gasteiger partial charge is 0.493 e. The first-order chi connectivity index (χ1) is 12.3. The summed E-state index contributed by atoms with van der Waals surface area (Å²) < 4.78 is 36.1. The number of hydrogen-bond donors (Lipinski definition) is 1. The number of nitrogens with one attached hydrogen (secondary N) is 1. The summed E-state index contributed by atoms with van der Waals surface area (Å²) in [6.45, 7) is 0.169. The van der Waals surface area contributed by atoms with Crippen LogP contribution in [0.5, 0.6) is 11.5 Å². The number of ether oxygens (including phenoxy) is 2. The Morgan fingerprint density at radius 3 is 2.42 bits per heavy atom.